The molecule has 0 aliphatic heterocycles. The zero-order valence-electron chi connectivity index (χ0n) is 16.7. The average Bonchev–Trinajstić information content (AvgIpc) is 3.49. The minimum atomic E-state index is -0.226. The SMILES string of the molecule is O=C(c1ccc(-c2ccccc2)cc1)N(/N=C/c1cccs1)c1nc2ccc(Br)cc2s1. The van der Waals surface area contributed by atoms with Crippen LogP contribution in [0.1, 0.15) is 15.2 Å². The Bertz CT molecular complexity index is 1390. The van der Waals surface area contributed by atoms with Gasteiger partial charge in [-0.1, -0.05) is 75.8 Å². The first-order valence-electron chi connectivity index (χ1n) is 9.81. The Kier molecular flexibility index (Phi) is 5.94. The lowest BCUT2D eigenvalue weighted by molar-refractivity contribution is 0.0988. The number of hydrogen-bond acceptors (Lipinski definition) is 5. The van der Waals surface area contributed by atoms with Crippen molar-refractivity contribution in [2.75, 3.05) is 5.01 Å². The summed E-state index contributed by atoms with van der Waals surface area (Å²) in [6.07, 6.45) is 1.70. The number of aromatic nitrogens is 1. The molecule has 1 amide bonds. The summed E-state index contributed by atoms with van der Waals surface area (Å²) < 4.78 is 1.95. The maximum Gasteiger partial charge on any atom is 0.280 e. The van der Waals surface area contributed by atoms with Crippen LogP contribution in [0.3, 0.4) is 0 Å². The van der Waals surface area contributed by atoms with Crippen LogP contribution in [0.15, 0.2) is 99.9 Å². The third-order valence-corrected chi connectivity index (χ3v) is 7.09. The van der Waals surface area contributed by atoms with E-state index >= 15 is 0 Å². The fourth-order valence-electron chi connectivity index (χ4n) is 3.20. The van der Waals surface area contributed by atoms with E-state index in [1.165, 1.54) is 16.3 Å². The quantitative estimate of drug-likeness (QED) is 0.179. The molecule has 0 aliphatic carbocycles. The van der Waals surface area contributed by atoms with Crippen molar-refractivity contribution in [3.05, 3.63) is 105 Å². The van der Waals surface area contributed by atoms with Gasteiger partial charge in [-0.2, -0.15) is 10.1 Å². The molecule has 32 heavy (non-hydrogen) atoms. The summed E-state index contributed by atoms with van der Waals surface area (Å²) in [5.41, 5.74) is 3.54. The van der Waals surface area contributed by atoms with E-state index in [-0.39, 0.29) is 5.91 Å². The number of thiophene rings is 1. The number of anilines is 1. The maximum atomic E-state index is 13.5. The van der Waals surface area contributed by atoms with E-state index in [4.69, 9.17) is 0 Å². The summed E-state index contributed by atoms with van der Waals surface area (Å²) >= 11 is 6.49. The summed E-state index contributed by atoms with van der Waals surface area (Å²) in [5.74, 6) is -0.226. The van der Waals surface area contributed by atoms with Gasteiger partial charge in [-0.05, 0) is 52.9 Å². The molecule has 0 aliphatic rings. The standard InChI is InChI=1S/C25H16BrN3OS2/c26-20-12-13-22-23(15-20)32-25(28-22)29(27-16-21-7-4-14-31-21)24(30)19-10-8-18(9-11-19)17-5-2-1-3-6-17/h1-16H/b27-16+. The second-order valence-electron chi connectivity index (χ2n) is 6.93. The molecule has 0 unspecified atom stereocenters. The number of thiazole rings is 1. The zero-order chi connectivity index (χ0) is 21.9. The van der Waals surface area contributed by atoms with Crippen molar-refractivity contribution in [3.8, 4) is 11.1 Å². The minimum absolute atomic E-state index is 0.226. The lowest BCUT2D eigenvalue weighted by Gasteiger charge is -2.14. The molecule has 0 N–H and O–H groups in total. The van der Waals surface area contributed by atoms with Crippen LogP contribution in [-0.2, 0) is 0 Å². The van der Waals surface area contributed by atoms with Crippen molar-refractivity contribution in [1.82, 2.24) is 4.98 Å². The Balaban J connectivity index is 1.51. The van der Waals surface area contributed by atoms with Gasteiger partial charge in [-0.15, -0.1) is 11.3 Å². The fourth-order valence-corrected chi connectivity index (χ4v) is 5.26. The largest absolute Gasteiger partial charge is 0.280 e. The predicted octanol–water partition coefficient (Wildman–Crippen LogP) is 7.47. The number of halogens is 1. The molecule has 0 saturated carbocycles. The molecule has 2 aromatic heterocycles. The Morgan fingerprint density at radius 1 is 0.938 bits per heavy atom. The summed E-state index contributed by atoms with van der Waals surface area (Å²) in [4.78, 5) is 19.1. The van der Waals surface area contributed by atoms with Gasteiger partial charge in [-0.3, -0.25) is 4.79 Å². The molecule has 2 heterocycles. The minimum Gasteiger partial charge on any atom is -0.267 e. The first-order valence-corrected chi connectivity index (χ1v) is 12.3. The van der Waals surface area contributed by atoms with Gasteiger partial charge in [0.15, 0.2) is 0 Å². The molecule has 5 rings (SSSR count). The number of hydrazone groups is 1. The molecule has 3 aromatic carbocycles. The Morgan fingerprint density at radius 2 is 1.72 bits per heavy atom. The number of hydrogen-bond donors (Lipinski definition) is 0. The monoisotopic (exact) mass is 517 g/mol. The summed E-state index contributed by atoms with van der Waals surface area (Å²) in [6, 6.07) is 27.5. The van der Waals surface area contributed by atoms with Gasteiger partial charge in [0.1, 0.15) is 0 Å². The van der Waals surface area contributed by atoms with E-state index in [1.54, 1.807) is 17.6 Å². The first-order chi connectivity index (χ1) is 15.7. The smallest absolute Gasteiger partial charge is 0.267 e. The Hall–Kier alpha value is -3.13. The lowest BCUT2D eigenvalue weighted by atomic mass is 10.0. The van der Waals surface area contributed by atoms with Gasteiger partial charge >= 0.3 is 0 Å². The van der Waals surface area contributed by atoms with E-state index in [0.717, 1.165) is 30.7 Å². The lowest BCUT2D eigenvalue weighted by Crippen LogP contribution is -2.25. The van der Waals surface area contributed by atoms with Crippen LogP contribution in [0, 0.1) is 0 Å². The molecule has 4 nitrogen and oxygen atoms in total. The maximum absolute atomic E-state index is 13.5. The first kappa shape index (κ1) is 20.8. The molecule has 7 heteroatoms. The van der Waals surface area contributed by atoms with Gasteiger partial charge in [0.05, 0.1) is 16.4 Å². The van der Waals surface area contributed by atoms with E-state index in [1.807, 2.05) is 90.3 Å². The highest BCUT2D eigenvalue weighted by atomic mass is 79.9. The van der Waals surface area contributed by atoms with Crippen molar-refractivity contribution in [2.45, 2.75) is 0 Å². The molecular formula is C25H16BrN3OS2. The number of fused-ring (bicyclic) bond motifs is 1. The van der Waals surface area contributed by atoms with Gasteiger partial charge < -0.3 is 0 Å². The molecule has 0 bridgehead atoms. The summed E-state index contributed by atoms with van der Waals surface area (Å²) in [6.45, 7) is 0. The highest BCUT2D eigenvalue weighted by molar-refractivity contribution is 9.10. The van der Waals surface area contributed by atoms with E-state index in [9.17, 15) is 4.79 Å². The predicted molar refractivity (Wildman–Crippen MR) is 138 cm³/mol. The number of carbonyl (C=O) groups is 1. The van der Waals surface area contributed by atoms with Crippen LogP contribution in [-0.4, -0.2) is 17.1 Å². The fraction of sp³-hybridized carbons (Fsp3) is 0. The highest BCUT2D eigenvalue weighted by Crippen LogP contribution is 2.32. The van der Waals surface area contributed by atoms with E-state index in [2.05, 4.69) is 26.0 Å². The van der Waals surface area contributed by atoms with Crippen molar-refractivity contribution < 1.29 is 4.79 Å². The molecule has 156 valence electrons. The van der Waals surface area contributed by atoms with Gasteiger partial charge in [0.25, 0.3) is 5.91 Å². The third-order valence-electron chi connectivity index (χ3n) is 4.80. The van der Waals surface area contributed by atoms with Gasteiger partial charge in [-0.25, -0.2) is 4.98 Å². The molecule has 0 radical (unpaired) electrons. The van der Waals surface area contributed by atoms with Crippen molar-refractivity contribution in [3.63, 3.8) is 0 Å². The average molecular weight is 518 g/mol. The van der Waals surface area contributed by atoms with Crippen molar-refractivity contribution in [2.24, 2.45) is 5.10 Å². The van der Waals surface area contributed by atoms with Crippen LogP contribution in [0.2, 0.25) is 0 Å². The highest BCUT2D eigenvalue weighted by Gasteiger charge is 2.21. The number of nitrogens with zero attached hydrogens (tertiary/aromatic N) is 3. The van der Waals surface area contributed by atoms with Crippen molar-refractivity contribution >= 4 is 66.1 Å². The number of benzene rings is 3. The number of carbonyl (C=O) groups excluding carboxylic acids is 1. The Labute approximate surface area is 201 Å². The molecule has 5 aromatic rings. The van der Waals surface area contributed by atoms with Crippen LogP contribution in [0.4, 0.5) is 5.13 Å². The second kappa shape index (κ2) is 9.16. The second-order valence-corrected chi connectivity index (χ2v) is 9.83. The van der Waals surface area contributed by atoms with Crippen LogP contribution in [0.25, 0.3) is 21.3 Å². The van der Waals surface area contributed by atoms with Crippen LogP contribution >= 0.6 is 38.6 Å². The summed E-state index contributed by atoms with van der Waals surface area (Å²) in [7, 11) is 0. The van der Waals surface area contributed by atoms with Gasteiger partial charge in [0.2, 0.25) is 5.13 Å². The van der Waals surface area contributed by atoms with Gasteiger partial charge in [0, 0.05) is 14.9 Å². The molecular weight excluding hydrogens is 502 g/mol. The van der Waals surface area contributed by atoms with Crippen LogP contribution in [0.5, 0.6) is 0 Å². The van der Waals surface area contributed by atoms with Crippen molar-refractivity contribution in [1.29, 1.82) is 0 Å². The number of rotatable bonds is 5. The molecule has 0 spiro atoms. The molecule has 0 fully saturated rings. The Morgan fingerprint density at radius 3 is 2.47 bits per heavy atom. The number of amides is 1. The van der Waals surface area contributed by atoms with E-state index < -0.39 is 0 Å². The third kappa shape index (κ3) is 4.41. The summed E-state index contributed by atoms with van der Waals surface area (Å²) in [5, 5.41) is 8.41. The van der Waals surface area contributed by atoms with Crippen LogP contribution < -0.4 is 5.01 Å². The normalized spacial score (nSPS) is 11.3. The molecule has 0 atom stereocenters. The zero-order valence-corrected chi connectivity index (χ0v) is 19.9. The topological polar surface area (TPSA) is 45.6 Å². The molecule has 0 saturated heterocycles. The van der Waals surface area contributed by atoms with E-state index in [0.29, 0.717) is 10.7 Å².